The van der Waals surface area contributed by atoms with E-state index in [-0.39, 0.29) is 11.5 Å². The van der Waals surface area contributed by atoms with Gasteiger partial charge in [0, 0.05) is 34.8 Å². The molecular formula is C15H11FN2O2. The fraction of sp³-hybridized carbons (Fsp3) is 0.0667. The molecule has 0 spiro atoms. The molecule has 0 aliphatic carbocycles. The third-order valence-corrected chi connectivity index (χ3v) is 3.26. The highest BCUT2D eigenvalue weighted by atomic mass is 19.1. The normalized spacial score (nSPS) is 10.8. The van der Waals surface area contributed by atoms with E-state index in [0.717, 1.165) is 10.9 Å². The third kappa shape index (κ3) is 2.14. The lowest BCUT2D eigenvalue weighted by atomic mass is 10.2. The molecule has 1 aromatic heterocycles. The van der Waals surface area contributed by atoms with Gasteiger partial charge in [0.2, 0.25) is 0 Å². The van der Waals surface area contributed by atoms with Crippen molar-refractivity contribution in [2.24, 2.45) is 0 Å². The van der Waals surface area contributed by atoms with Gasteiger partial charge in [0.05, 0.1) is 11.5 Å². The summed E-state index contributed by atoms with van der Waals surface area (Å²) in [5.41, 5.74) is 1.49. The Kier molecular flexibility index (Phi) is 2.95. The average molecular weight is 270 g/mol. The second-order valence-electron chi connectivity index (χ2n) is 4.54. The van der Waals surface area contributed by atoms with Gasteiger partial charge in [-0.15, -0.1) is 0 Å². The molecule has 0 saturated heterocycles. The van der Waals surface area contributed by atoms with Gasteiger partial charge in [0.1, 0.15) is 5.82 Å². The minimum Gasteiger partial charge on any atom is -0.343 e. The second-order valence-corrected chi connectivity index (χ2v) is 4.54. The van der Waals surface area contributed by atoms with E-state index in [1.807, 2.05) is 4.57 Å². The Balaban J connectivity index is 2.01. The second kappa shape index (κ2) is 4.77. The predicted molar refractivity (Wildman–Crippen MR) is 74.1 cm³/mol. The molecular weight excluding hydrogens is 259 g/mol. The van der Waals surface area contributed by atoms with Crippen LogP contribution < -0.4 is 0 Å². The molecule has 1 heterocycles. The van der Waals surface area contributed by atoms with Gasteiger partial charge in [-0.3, -0.25) is 10.1 Å². The van der Waals surface area contributed by atoms with Crippen molar-refractivity contribution in [1.82, 2.24) is 4.57 Å². The van der Waals surface area contributed by atoms with Crippen LogP contribution in [0.3, 0.4) is 0 Å². The largest absolute Gasteiger partial charge is 0.343 e. The lowest BCUT2D eigenvalue weighted by Gasteiger charge is -2.06. The summed E-state index contributed by atoms with van der Waals surface area (Å²) in [6, 6.07) is 13.0. The number of aromatic nitrogens is 1. The van der Waals surface area contributed by atoms with E-state index in [9.17, 15) is 14.5 Å². The first-order valence-corrected chi connectivity index (χ1v) is 6.12. The van der Waals surface area contributed by atoms with Crippen LogP contribution in [0.2, 0.25) is 0 Å². The van der Waals surface area contributed by atoms with Crippen LogP contribution in [0, 0.1) is 15.9 Å². The van der Waals surface area contributed by atoms with Gasteiger partial charge in [-0.1, -0.05) is 18.2 Å². The fourth-order valence-electron chi connectivity index (χ4n) is 2.25. The van der Waals surface area contributed by atoms with Crippen molar-refractivity contribution >= 4 is 16.6 Å². The molecule has 0 aliphatic rings. The van der Waals surface area contributed by atoms with Gasteiger partial charge in [-0.05, 0) is 18.2 Å². The van der Waals surface area contributed by atoms with E-state index < -0.39 is 4.92 Å². The lowest BCUT2D eigenvalue weighted by Crippen LogP contribution is -2.00. The van der Waals surface area contributed by atoms with Gasteiger partial charge in [0.15, 0.2) is 0 Å². The molecule has 0 unspecified atom stereocenters. The molecule has 0 radical (unpaired) electrons. The number of hydrogen-bond donors (Lipinski definition) is 0. The molecule has 3 aromatic rings. The van der Waals surface area contributed by atoms with E-state index in [4.69, 9.17) is 0 Å². The number of benzene rings is 2. The van der Waals surface area contributed by atoms with Crippen LogP contribution in [0.15, 0.2) is 54.7 Å². The molecule has 0 fully saturated rings. The van der Waals surface area contributed by atoms with Crippen LogP contribution in [0.25, 0.3) is 10.9 Å². The molecule has 100 valence electrons. The Bertz CT molecular complexity index is 795. The molecule has 5 heteroatoms. The molecule has 0 atom stereocenters. The van der Waals surface area contributed by atoms with Gasteiger partial charge in [-0.25, -0.2) is 4.39 Å². The Labute approximate surface area is 114 Å². The third-order valence-electron chi connectivity index (χ3n) is 3.26. The highest BCUT2D eigenvalue weighted by Crippen LogP contribution is 2.23. The summed E-state index contributed by atoms with van der Waals surface area (Å²) in [5, 5.41) is 11.5. The zero-order valence-electron chi connectivity index (χ0n) is 10.5. The number of halogens is 1. The number of nitrogens with zero attached hydrogens (tertiary/aromatic N) is 2. The molecule has 20 heavy (non-hydrogen) atoms. The van der Waals surface area contributed by atoms with Crippen molar-refractivity contribution in [2.45, 2.75) is 6.54 Å². The van der Waals surface area contributed by atoms with E-state index in [2.05, 4.69) is 0 Å². The van der Waals surface area contributed by atoms with E-state index >= 15 is 0 Å². The van der Waals surface area contributed by atoms with E-state index in [1.54, 1.807) is 36.5 Å². The maximum atomic E-state index is 13.6. The van der Waals surface area contributed by atoms with Crippen LogP contribution in [0.5, 0.6) is 0 Å². The van der Waals surface area contributed by atoms with Crippen LogP contribution in [-0.2, 0) is 6.54 Å². The molecule has 0 N–H and O–H groups in total. The SMILES string of the molecule is O=[N+]([O-])c1ccc2c(ccn2Cc2ccccc2F)c1. The number of non-ortho nitro benzene ring substituents is 1. The first kappa shape index (κ1) is 12.3. The predicted octanol–water partition coefficient (Wildman–Crippen LogP) is 3.74. The van der Waals surface area contributed by atoms with Gasteiger partial charge >= 0.3 is 0 Å². The number of hydrogen-bond acceptors (Lipinski definition) is 2. The first-order valence-electron chi connectivity index (χ1n) is 6.12. The molecule has 0 bridgehead atoms. The highest BCUT2D eigenvalue weighted by Gasteiger charge is 2.09. The Morgan fingerprint density at radius 2 is 1.95 bits per heavy atom. The average Bonchev–Trinajstić information content (AvgIpc) is 2.84. The quantitative estimate of drug-likeness (QED) is 0.537. The zero-order valence-corrected chi connectivity index (χ0v) is 10.5. The van der Waals surface area contributed by atoms with Crippen LogP contribution >= 0.6 is 0 Å². The van der Waals surface area contributed by atoms with Crippen molar-refractivity contribution in [3.05, 3.63) is 76.2 Å². The minimum absolute atomic E-state index is 0.0566. The van der Waals surface area contributed by atoms with Crippen molar-refractivity contribution in [3.63, 3.8) is 0 Å². The fourth-order valence-corrected chi connectivity index (χ4v) is 2.25. The number of nitro groups is 1. The Hall–Kier alpha value is -2.69. The summed E-state index contributed by atoms with van der Waals surface area (Å²) in [6.07, 6.45) is 1.81. The van der Waals surface area contributed by atoms with Crippen LogP contribution in [0.1, 0.15) is 5.56 Å². The first-order chi connectivity index (χ1) is 9.65. The molecule has 4 nitrogen and oxygen atoms in total. The maximum absolute atomic E-state index is 13.6. The van der Waals surface area contributed by atoms with Crippen molar-refractivity contribution in [3.8, 4) is 0 Å². The van der Waals surface area contributed by atoms with Crippen molar-refractivity contribution in [1.29, 1.82) is 0 Å². The summed E-state index contributed by atoms with van der Waals surface area (Å²) < 4.78 is 15.5. The highest BCUT2D eigenvalue weighted by molar-refractivity contribution is 5.82. The summed E-state index contributed by atoms with van der Waals surface area (Å²) >= 11 is 0. The van der Waals surface area contributed by atoms with E-state index in [0.29, 0.717) is 12.1 Å². The molecule has 2 aromatic carbocycles. The lowest BCUT2D eigenvalue weighted by molar-refractivity contribution is -0.384. The topological polar surface area (TPSA) is 48.1 Å². The van der Waals surface area contributed by atoms with Crippen LogP contribution in [-0.4, -0.2) is 9.49 Å². The summed E-state index contributed by atoms with van der Waals surface area (Å²) in [4.78, 5) is 10.3. The molecule has 0 aliphatic heterocycles. The van der Waals surface area contributed by atoms with Crippen molar-refractivity contribution < 1.29 is 9.31 Å². The molecule has 0 amide bonds. The Morgan fingerprint density at radius 1 is 1.15 bits per heavy atom. The smallest absolute Gasteiger partial charge is 0.270 e. The monoisotopic (exact) mass is 270 g/mol. The minimum atomic E-state index is -0.423. The van der Waals surface area contributed by atoms with Gasteiger partial charge in [-0.2, -0.15) is 0 Å². The number of rotatable bonds is 3. The summed E-state index contributed by atoms with van der Waals surface area (Å²) in [6.45, 7) is 0.397. The Morgan fingerprint density at radius 3 is 2.70 bits per heavy atom. The number of nitro benzene ring substituents is 1. The maximum Gasteiger partial charge on any atom is 0.270 e. The van der Waals surface area contributed by atoms with Crippen LogP contribution in [0.4, 0.5) is 10.1 Å². The summed E-state index contributed by atoms with van der Waals surface area (Å²) in [7, 11) is 0. The molecule has 3 rings (SSSR count). The molecule has 0 saturated carbocycles. The standard InChI is InChI=1S/C15H11FN2O2/c16-14-4-2-1-3-12(14)10-17-8-7-11-9-13(18(19)20)5-6-15(11)17/h1-9H,10H2. The van der Waals surface area contributed by atoms with Crippen molar-refractivity contribution in [2.75, 3.05) is 0 Å². The summed E-state index contributed by atoms with van der Waals surface area (Å²) in [5.74, 6) is -0.253. The van der Waals surface area contributed by atoms with Gasteiger partial charge < -0.3 is 4.57 Å². The van der Waals surface area contributed by atoms with E-state index in [1.165, 1.54) is 18.2 Å². The van der Waals surface area contributed by atoms with Gasteiger partial charge in [0.25, 0.3) is 5.69 Å². The zero-order chi connectivity index (χ0) is 14.1. The number of fused-ring (bicyclic) bond motifs is 1.